The van der Waals surface area contributed by atoms with Gasteiger partial charge in [-0.2, -0.15) is 0 Å². The highest BCUT2D eigenvalue weighted by atomic mass is 32.1. The average Bonchev–Trinajstić information content (AvgIpc) is 2.95. The summed E-state index contributed by atoms with van der Waals surface area (Å²) in [6.07, 6.45) is 0.0193. The first-order chi connectivity index (χ1) is 10.6. The monoisotopic (exact) mass is 317 g/mol. The molecule has 4 nitrogen and oxygen atoms in total. The SMILES string of the molecule is CC(=O)c1cc(CN(C)CC2COc3ccccc3O2)cs1. The standard InChI is InChI=1S/C17H19NO3S/c1-12(19)17-7-13(11-22-17)8-18(2)9-14-10-20-15-5-3-4-6-16(15)21-14/h3-7,11,14H,8-10H2,1-2H3. The molecule has 0 bridgehead atoms. The van der Waals surface area contributed by atoms with E-state index in [4.69, 9.17) is 9.47 Å². The summed E-state index contributed by atoms with van der Waals surface area (Å²) in [5.41, 5.74) is 1.16. The third-order valence-electron chi connectivity index (χ3n) is 3.54. The minimum Gasteiger partial charge on any atom is -0.486 e. The minimum absolute atomic E-state index is 0.0193. The molecule has 0 fully saturated rings. The minimum atomic E-state index is 0.0193. The molecule has 1 aromatic heterocycles. The van der Waals surface area contributed by atoms with E-state index in [0.717, 1.165) is 35.0 Å². The Bertz CT molecular complexity index is 667. The summed E-state index contributed by atoms with van der Waals surface area (Å²) in [5.74, 6) is 1.74. The van der Waals surface area contributed by atoms with Crippen molar-refractivity contribution < 1.29 is 14.3 Å². The van der Waals surface area contributed by atoms with Gasteiger partial charge in [0.2, 0.25) is 0 Å². The molecule has 0 saturated carbocycles. The maximum Gasteiger partial charge on any atom is 0.169 e. The number of carbonyl (C=O) groups excluding carboxylic acids is 1. The van der Waals surface area contributed by atoms with E-state index in [0.29, 0.717) is 6.61 Å². The fraction of sp³-hybridized carbons (Fsp3) is 0.353. The normalized spacial score (nSPS) is 16.8. The van der Waals surface area contributed by atoms with E-state index < -0.39 is 0 Å². The first-order valence-electron chi connectivity index (χ1n) is 7.27. The molecule has 22 heavy (non-hydrogen) atoms. The number of ether oxygens (including phenoxy) is 2. The number of benzene rings is 1. The van der Waals surface area contributed by atoms with Crippen molar-refractivity contribution in [3.05, 3.63) is 46.2 Å². The van der Waals surface area contributed by atoms with E-state index in [2.05, 4.69) is 11.9 Å². The van der Waals surface area contributed by atoms with Gasteiger partial charge >= 0.3 is 0 Å². The molecule has 1 unspecified atom stereocenters. The molecule has 1 aliphatic rings. The van der Waals surface area contributed by atoms with Gasteiger partial charge in [0.15, 0.2) is 17.3 Å². The van der Waals surface area contributed by atoms with Crippen LogP contribution in [-0.2, 0) is 6.54 Å². The molecule has 0 spiro atoms. The van der Waals surface area contributed by atoms with Crippen molar-refractivity contribution in [2.45, 2.75) is 19.6 Å². The summed E-state index contributed by atoms with van der Waals surface area (Å²) < 4.78 is 11.7. The second kappa shape index (κ2) is 6.50. The Balaban J connectivity index is 1.56. The Kier molecular flexibility index (Phi) is 4.45. The molecular weight excluding hydrogens is 298 g/mol. The molecule has 3 rings (SSSR count). The summed E-state index contributed by atoms with van der Waals surface area (Å²) in [4.78, 5) is 14.3. The number of Topliss-reactive ketones (excluding diaryl/α,β-unsaturated/α-hetero) is 1. The van der Waals surface area contributed by atoms with Gasteiger partial charge in [0.05, 0.1) is 4.88 Å². The van der Waals surface area contributed by atoms with E-state index in [1.165, 1.54) is 11.3 Å². The summed E-state index contributed by atoms with van der Waals surface area (Å²) in [6, 6.07) is 9.71. The van der Waals surface area contributed by atoms with Crippen molar-refractivity contribution in [2.24, 2.45) is 0 Å². The van der Waals surface area contributed by atoms with E-state index in [1.54, 1.807) is 6.92 Å². The maximum absolute atomic E-state index is 11.3. The topological polar surface area (TPSA) is 38.8 Å². The van der Waals surface area contributed by atoms with Crippen LogP contribution in [0.15, 0.2) is 35.7 Å². The van der Waals surface area contributed by atoms with Gasteiger partial charge in [0.25, 0.3) is 0 Å². The van der Waals surface area contributed by atoms with E-state index in [9.17, 15) is 4.79 Å². The summed E-state index contributed by atoms with van der Waals surface area (Å²) in [6.45, 7) is 3.73. The van der Waals surface area contributed by atoms with Crippen LogP contribution >= 0.6 is 11.3 Å². The third kappa shape index (κ3) is 3.48. The Labute approximate surface area is 134 Å². The summed E-state index contributed by atoms with van der Waals surface area (Å²) in [7, 11) is 2.05. The number of fused-ring (bicyclic) bond motifs is 1. The van der Waals surface area contributed by atoms with Gasteiger partial charge < -0.3 is 9.47 Å². The highest BCUT2D eigenvalue weighted by Crippen LogP contribution is 2.31. The van der Waals surface area contributed by atoms with Crippen molar-refractivity contribution in [1.29, 1.82) is 0 Å². The Morgan fingerprint density at radius 3 is 2.86 bits per heavy atom. The van der Waals surface area contributed by atoms with Gasteiger partial charge in [-0.05, 0) is 43.1 Å². The molecule has 0 amide bonds. The number of likely N-dealkylation sites (N-methyl/N-ethyl adjacent to an activating group) is 1. The zero-order valence-electron chi connectivity index (χ0n) is 12.7. The molecule has 0 aliphatic carbocycles. The van der Waals surface area contributed by atoms with Gasteiger partial charge in [0, 0.05) is 13.1 Å². The fourth-order valence-electron chi connectivity index (χ4n) is 2.52. The molecule has 2 aromatic rings. The predicted molar refractivity (Wildman–Crippen MR) is 87.0 cm³/mol. The van der Waals surface area contributed by atoms with Gasteiger partial charge in [-0.3, -0.25) is 9.69 Å². The number of rotatable bonds is 5. The van der Waals surface area contributed by atoms with Crippen LogP contribution in [0.25, 0.3) is 0 Å². The third-order valence-corrected chi connectivity index (χ3v) is 4.62. The van der Waals surface area contributed by atoms with E-state index in [-0.39, 0.29) is 11.9 Å². The Hall–Kier alpha value is -1.85. The molecular formula is C17H19NO3S. The first kappa shape index (κ1) is 15.1. The zero-order valence-corrected chi connectivity index (χ0v) is 13.6. The smallest absolute Gasteiger partial charge is 0.169 e. The largest absolute Gasteiger partial charge is 0.486 e. The van der Waals surface area contributed by atoms with E-state index >= 15 is 0 Å². The Morgan fingerprint density at radius 1 is 1.36 bits per heavy atom. The lowest BCUT2D eigenvalue weighted by Gasteiger charge is -2.29. The maximum atomic E-state index is 11.3. The van der Waals surface area contributed by atoms with Crippen molar-refractivity contribution in [1.82, 2.24) is 4.90 Å². The van der Waals surface area contributed by atoms with Crippen LogP contribution in [0.1, 0.15) is 22.2 Å². The van der Waals surface area contributed by atoms with Gasteiger partial charge in [-0.15, -0.1) is 11.3 Å². The summed E-state index contributed by atoms with van der Waals surface area (Å²) >= 11 is 1.50. The molecule has 0 N–H and O–H groups in total. The van der Waals surface area contributed by atoms with Crippen LogP contribution < -0.4 is 9.47 Å². The predicted octanol–water partition coefficient (Wildman–Crippen LogP) is 3.22. The van der Waals surface area contributed by atoms with Crippen molar-refractivity contribution >= 4 is 17.1 Å². The molecule has 0 saturated heterocycles. The molecule has 1 atom stereocenters. The second-order valence-corrected chi connectivity index (χ2v) is 6.48. The number of thiophene rings is 1. The fourth-order valence-corrected chi connectivity index (χ4v) is 3.33. The van der Waals surface area contributed by atoms with Crippen LogP contribution in [-0.4, -0.2) is 37.0 Å². The number of ketones is 1. The quantitative estimate of drug-likeness (QED) is 0.794. The van der Waals surface area contributed by atoms with Crippen molar-refractivity contribution in [3.63, 3.8) is 0 Å². The van der Waals surface area contributed by atoms with Gasteiger partial charge in [-0.1, -0.05) is 12.1 Å². The average molecular weight is 317 g/mol. The lowest BCUT2D eigenvalue weighted by Crippen LogP contribution is -2.39. The zero-order chi connectivity index (χ0) is 15.5. The highest BCUT2D eigenvalue weighted by molar-refractivity contribution is 7.12. The van der Waals surface area contributed by atoms with Crippen molar-refractivity contribution in [2.75, 3.05) is 20.2 Å². The molecule has 1 aliphatic heterocycles. The Morgan fingerprint density at radius 2 is 2.14 bits per heavy atom. The van der Waals surface area contributed by atoms with Crippen LogP contribution in [0.3, 0.4) is 0 Å². The van der Waals surface area contributed by atoms with E-state index in [1.807, 2.05) is 35.7 Å². The van der Waals surface area contributed by atoms with Crippen LogP contribution in [0.4, 0.5) is 0 Å². The first-order valence-corrected chi connectivity index (χ1v) is 8.15. The highest BCUT2D eigenvalue weighted by Gasteiger charge is 2.22. The van der Waals surface area contributed by atoms with Crippen LogP contribution in [0.2, 0.25) is 0 Å². The molecule has 0 radical (unpaired) electrons. The van der Waals surface area contributed by atoms with Crippen molar-refractivity contribution in [3.8, 4) is 11.5 Å². The lowest BCUT2D eigenvalue weighted by atomic mass is 10.2. The number of para-hydroxylation sites is 2. The number of hydrogen-bond acceptors (Lipinski definition) is 5. The van der Waals surface area contributed by atoms with Crippen LogP contribution in [0, 0.1) is 0 Å². The molecule has 1 aromatic carbocycles. The molecule has 5 heteroatoms. The second-order valence-electron chi connectivity index (χ2n) is 5.57. The lowest BCUT2D eigenvalue weighted by molar-refractivity contribution is 0.0638. The molecule has 116 valence electrons. The number of nitrogens with zero attached hydrogens (tertiary/aromatic N) is 1. The van der Waals surface area contributed by atoms with Gasteiger partial charge in [-0.25, -0.2) is 0 Å². The number of carbonyl (C=O) groups is 1. The van der Waals surface area contributed by atoms with Gasteiger partial charge in [0.1, 0.15) is 12.7 Å². The molecule has 2 heterocycles. The summed E-state index contributed by atoms with van der Waals surface area (Å²) in [5, 5.41) is 2.04. The van der Waals surface area contributed by atoms with Crippen LogP contribution in [0.5, 0.6) is 11.5 Å². The number of hydrogen-bond donors (Lipinski definition) is 0.